The molecular formula is C10H17F3N2. The van der Waals surface area contributed by atoms with Crippen molar-refractivity contribution in [2.24, 2.45) is 0 Å². The summed E-state index contributed by atoms with van der Waals surface area (Å²) in [4.78, 5) is 2.09. The highest BCUT2D eigenvalue weighted by Crippen LogP contribution is 2.49. The molecule has 0 aromatic rings. The number of hydrogen-bond donors (Lipinski definition) is 1. The number of piperidine rings is 1. The maximum absolute atomic E-state index is 12.7. The summed E-state index contributed by atoms with van der Waals surface area (Å²) in [7, 11) is 1.96. The van der Waals surface area contributed by atoms with Crippen LogP contribution in [0.2, 0.25) is 0 Å². The Hall–Kier alpha value is -0.290. The van der Waals surface area contributed by atoms with Gasteiger partial charge in [-0.2, -0.15) is 13.2 Å². The fourth-order valence-corrected chi connectivity index (χ4v) is 2.31. The van der Waals surface area contributed by atoms with Gasteiger partial charge in [0.05, 0.1) is 0 Å². The maximum atomic E-state index is 12.7. The van der Waals surface area contributed by atoms with E-state index in [9.17, 15) is 13.2 Å². The van der Waals surface area contributed by atoms with Gasteiger partial charge in [-0.05, 0) is 39.3 Å². The van der Waals surface area contributed by atoms with Crippen molar-refractivity contribution in [3.8, 4) is 0 Å². The molecule has 0 aromatic carbocycles. The van der Waals surface area contributed by atoms with E-state index in [1.165, 1.54) is 0 Å². The Labute approximate surface area is 87.8 Å². The second kappa shape index (κ2) is 3.63. The van der Waals surface area contributed by atoms with Crippen LogP contribution in [0.25, 0.3) is 0 Å². The number of rotatable bonds is 2. The summed E-state index contributed by atoms with van der Waals surface area (Å²) in [6.45, 7) is 1.73. The number of halogens is 3. The summed E-state index contributed by atoms with van der Waals surface area (Å²) in [5, 5.41) is 2.81. The van der Waals surface area contributed by atoms with Crippen molar-refractivity contribution in [2.45, 2.75) is 43.4 Å². The lowest BCUT2D eigenvalue weighted by Gasteiger charge is -2.34. The van der Waals surface area contributed by atoms with E-state index < -0.39 is 11.7 Å². The van der Waals surface area contributed by atoms with Gasteiger partial charge in [0.25, 0.3) is 0 Å². The molecule has 0 amide bonds. The molecule has 0 spiro atoms. The summed E-state index contributed by atoms with van der Waals surface area (Å²) < 4.78 is 38.0. The molecular weight excluding hydrogens is 205 g/mol. The third-order valence-electron chi connectivity index (χ3n) is 3.40. The van der Waals surface area contributed by atoms with Gasteiger partial charge in [0.1, 0.15) is 5.54 Å². The van der Waals surface area contributed by atoms with E-state index in [4.69, 9.17) is 0 Å². The van der Waals surface area contributed by atoms with Crippen LogP contribution in [0.3, 0.4) is 0 Å². The van der Waals surface area contributed by atoms with Crippen molar-refractivity contribution < 1.29 is 13.2 Å². The van der Waals surface area contributed by atoms with Crippen molar-refractivity contribution in [1.29, 1.82) is 0 Å². The van der Waals surface area contributed by atoms with Crippen molar-refractivity contribution >= 4 is 0 Å². The fourth-order valence-electron chi connectivity index (χ4n) is 2.31. The number of nitrogens with one attached hydrogen (secondary N) is 1. The van der Waals surface area contributed by atoms with Gasteiger partial charge >= 0.3 is 6.18 Å². The van der Waals surface area contributed by atoms with E-state index in [1.54, 1.807) is 0 Å². The van der Waals surface area contributed by atoms with Crippen molar-refractivity contribution in [1.82, 2.24) is 10.2 Å². The molecule has 1 heterocycles. The van der Waals surface area contributed by atoms with Gasteiger partial charge in [0.2, 0.25) is 0 Å². The number of hydrogen-bond acceptors (Lipinski definition) is 2. The largest absolute Gasteiger partial charge is 0.406 e. The van der Waals surface area contributed by atoms with Gasteiger partial charge in [0.15, 0.2) is 0 Å². The van der Waals surface area contributed by atoms with Crippen LogP contribution in [0.15, 0.2) is 0 Å². The van der Waals surface area contributed by atoms with Crippen molar-refractivity contribution in [3.05, 3.63) is 0 Å². The molecule has 2 nitrogen and oxygen atoms in total. The first-order valence-electron chi connectivity index (χ1n) is 5.46. The monoisotopic (exact) mass is 222 g/mol. The summed E-state index contributed by atoms with van der Waals surface area (Å²) in [5.74, 6) is 0. The van der Waals surface area contributed by atoms with Gasteiger partial charge in [-0.1, -0.05) is 0 Å². The van der Waals surface area contributed by atoms with E-state index in [0.717, 1.165) is 25.9 Å². The first-order chi connectivity index (χ1) is 6.93. The zero-order valence-corrected chi connectivity index (χ0v) is 8.90. The summed E-state index contributed by atoms with van der Waals surface area (Å²) in [6.07, 6.45) is -1.74. The molecule has 1 aliphatic carbocycles. The Morgan fingerprint density at radius 3 is 2.47 bits per heavy atom. The SMILES string of the molecule is CN1CCCC(NC2(C(F)(F)F)CC2)C1. The lowest BCUT2D eigenvalue weighted by Crippen LogP contribution is -2.54. The molecule has 1 saturated heterocycles. The number of likely N-dealkylation sites (tertiary alicyclic amines) is 1. The molecule has 0 aromatic heterocycles. The third-order valence-corrected chi connectivity index (χ3v) is 3.40. The number of nitrogens with zero attached hydrogens (tertiary/aromatic N) is 1. The molecule has 0 radical (unpaired) electrons. The Balaban J connectivity index is 1.91. The molecule has 0 bridgehead atoms. The normalized spacial score (nSPS) is 31.6. The lowest BCUT2D eigenvalue weighted by molar-refractivity contribution is -0.168. The van der Waals surface area contributed by atoms with Crippen LogP contribution >= 0.6 is 0 Å². The molecule has 1 unspecified atom stereocenters. The molecule has 2 aliphatic rings. The highest BCUT2D eigenvalue weighted by atomic mass is 19.4. The van der Waals surface area contributed by atoms with Gasteiger partial charge < -0.3 is 4.90 Å². The Morgan fingerprint density at radius 2 is 2.00 bits per heavy atom. The minimum Gasteiger partial charge on any atom is -0.305 e. The Morgan fingerprint density at radius 1 is 1.33 bits per heavy atom. The molecule has 1 aliphatic heterocycles. The van der Waals surface area contributed by atoms with Crippen LogP contribution in [0.4, 0.5) is 13.2 Å². The van der Waals surface area contributed by atoms with Crippen LogP contribution in [-0.4, -0.2) is 42.8 Å². The standard InChI is InChI=1S/C10H17F3N2/c1-15-6-2-3-8(7-15)14-9(4-5-9)10(11,12)13/h8,14H,2-7H2,1H3. The second-order valence-electron chi connectivity index (χ2n) is 4.83. The van der Waals surface area contributed by atoms with Crippen LogP contribution in [-0.2, 0) is 0 Å². The molecule has 2 fully saturated rings. The average molecular weight is 222 g/mol. The molecule has 5 heteroatoms. The quantitative estimate of drug-likeness (QED) is 0.766. The van der Waals surface area contributed by atoms with Gasteiger partial charge in [0, 0.05) is 12.6 Å². The third kappa shape index (κ3) is 2.28. The van der Waals surface area contributed by atoms with E-state index in [2.05, 4.69) is 10.2 Å². The highest BCUT2D eigenvalue weighted by Gasteiger charge is 2.63. The first kappa shape index (κ1) is 11.2. The van der Waals surface area contributed by atoms with Gasteiger partial charge in [-0.15, -0.1) is 0 Å². The minimum atomic E-state index is -4.08. The molecule has 1 atom stereocenters. The van der Waals surface area contributed by atoms with Crippen LogP contribution < -0.4 is 5.32 Å². The summed E-state index contributed by atoms with van der Waals surface area (Å²) in [5.41, 5.74) is -1.55. The first-order valence-corrected chi connectivity index (χ1v) is 5.46. The molecule has 88 valence electrons. The Bertz CT molecular complexity index is 235. The van der Waals surface area contributed by atoms with Crippen molar-refractivity contribution in [2.75, 3.05) is 20.1 Å². The maximum Gasteiger partial charge on any atom is 0.406 e. The van der Waals surface area contributed by atoms with Crippen LogP contribution in [0.5, 0.6) is 0 Å². The van der Waals surface area contributed by atoms with E-state index >= 15 is 0 Å². The van der Waals surface area contributed by atoms with Crippen molar-refractivity contribution in [3.63, 3.8) is 0 Å². The molecule has 1 N–H and O–H groups in total. The predicted octanol–water partition coefficient (Wildman–Crippen LogP) is 1.77. The summed E-state index contributed by atoms with van der Waals surface area (Å²) >= 11 is 0. The zero-order chi connectivity index (χ0) is 11.1. The number of likely N-dealkylation sites (N-methyl/N-ethyl adjacent to an activating group) is 1. The minimum absolute atomic E-state index is 0.00729. The smallest absolute Gasteiger partial charge is 0.305 e. The predicted molar refractivity (Wildman–Crippen MR) is 51.7 cm³/mol. The second-order valence-corrected chi connectivity index (χ2v) is 4.83. The molecule has 2 rings (SSSR count). The average Bonchev–Trinajstić information content (AvgIpc) is 2.84. The zero-order valence-electron chi connectivity index (χ0n) is 8.90. The number of alkyl halides is 3. The van der Waals surface area contributed by atoms with E-state index in [0.29, 0.717) is 0 Å². The van der Waals surface area contributed by atoms with Gasteiger partial charge in [-0.25, -0.2) is 0 Å². The molecule has 15 heavy (non-hydrogen) atoms. The van der Waals surface area contributed by atoms with E-state index in [-0.39, 0.29) is 18.9 Å². The van der Waals surface area contributed by atoms with Crippen LogP contribution in [0, 0.1) is 0 Å². The highest BCUT2D eigenvalue weighted by molar-refractivity contribution is 5.09. The van der Waals surface area contributed by atoms with E-state index in [1.807, 2.05) is 7.05 Å². The van der Waals surface area contributed by atoms with Crippen LogP contribution in [0.1, 0.15) is 25.7 Å². The lowest BCUT2D eigenvalue weighted by atomic mass is 10.0. The Kier molecular flexibility index (Phi) is 2.71. The fraction of sp³-hybridized carbons (Fsp3) is 1.00. The molecule has 1 saturated carbocycles. The van der Waals surface area contributed by atoms with Gasteiger partial charge in [-0.3, -0.25) is 5.32 Å². The topological polar surface area (TPSA) is 15.3 Å². The summed E-state index contributed by atoms with van der Waals surface area (Å²) in [6, 6.07) is 0.00729.